The van der Waals surface area contributed by atoms with Gasteiger partial charge >= 0.3 is 0 Å². The van der Waals surface area contributed by atoms with Crippen LogP contribution >= 0.6 is 11.3 Å². The molecule has 24 heavy (non-hydrogen) atoms. The third-order valence-electron chi connectivity index (χ3n) is 4.30. The Morgan fingerprint density at radius 2 is 2.17 bits per heavy atom. The molecule has 1 saturated carbocycles. The quantitative estimate of drug-likeness (QED) is 0.767. The lowest BCUT2D eigenvalue weighted by molar-refractivity contribution is -0.134. The number of aromatic nitrogens is 4. The van der Waals surface area contributed by atoms with Crippen LogP contribution in [0.5, 0.6) is 0 Å². The number of tetrazole rings is 1. The molecule has 3 heterocycles. The highest BCUT2D eigenvalue weighted by Crippen LogP contribution is 2.32. The fraction of sp³-hybridized carbons (Fsp3) is 0.571. The van der Waals surface area contributed by atoms with E-state index in [9.17, 15) is 13.2 Å². The molecule has 0 radical (unpaired) electrons. The second kappa shape index (κ2) is 5.92. The van der Waals surface area contributed by atoms with E-state index in [0.29, 0.717) is 12.2 Å². The van der Waals surface area contributed by atoms with E-state index in [1.807, 2.05) is 17.5 Å². The average molecular weight is 367 g/mol. The summed E-state index contributed by atoms with van der Waals surface area (Å²) in [5, 5.41) is 14.1. The molecule has 4 rings (SSSR count). The molecule has 2 fully saturated rings. The van der Waals surface area contributed by atoms with Gasteiger partial charge in [-0.3, -0.25) is 4.79 Å². The van der Waals surface area contributed by atoms with Gasteiger partial charge in [-0.05, 0) is 35.9 Å². The first kappa shape index (κ1) is 15.7. The summed E-state index contributed by atoms with van der Waals surface area (Å²) in [4.78, 5) is 16.6. The predicted molar refractivity (Wildman–Crippen MR) is 88.1 cm³/mol. The molecule has 1 aliphatic heterocycles. The Morgan fingerprint density at radius 1 is 1.33 bits per heavy atom. The van der Waals surface area contributed by atoms with Gasteiger partial charge in [-0.25, -0.2) is 8.42 Å². The van der Waals surface area contributed by atoms with Gasteiger partial charge in [0.1, 0.15) is 6.54 Å². The van der Waals surface area contributed by atoms with Crippen LogP contribution in [0.15, 0.2) is 17.5 Å². The van der Waals surface area contributed by atoms with Crippen molar-refractivity contribution in [3.8, 4) is 10.7 Å². The highest BCUT2D eigenvalue weighted by molar-refractivity contribution is 7.91. The Morgan fingerprint density at radius 3 is 2.79 bits per heavy atom. The number of hydrogen-bond donors (Lipinski definition) is 0. The first-order chi connectivity index (χ1) is 11.5. The zero-order valence-corrected chi connectivity index (χ0v) is 14.5. The molecule has 0 aromatic carbocycles. The molecular weight excluding hydrogens is 350 g/mol. The Kier molecular flexibility index (Phi) is 3.87. The van der Waals surface area contributed by atoms with Crippen molar-refractivity contribution in [2.75, 3.05) is 11.5 Å². The van der Waals surface area contributed by atoms with E-state index in [1.165, 1.54) is 16.1 Å². The zero-order chi connectivity index (χ0) is 16.7. The third kappa shape index (κ3) is 3.20. The molecule has 1 aliphatic carbocycles. The number of carbonyl (C=O) groups is 1. The van der Waals surface area contributed by atoms with Crippen molar-refractivity contribution < 1.29 is 13.2 Å². The monoisotopic (exact) mass is 367 g/mol. The van der Waals surface area contributed by atoms with Gasteiger partial charge in [0.15, 0.2) is 9.84 Å². The van der Waals surface area contributed by atoms with Crippen molar-refractivity contribution in [3.05, 3.63) is 17.5 Å². The normalized spacial score (nSPS) is 22.6. The van der Waals surface area contributed by atoms with Gasteiger partial charge < -0.3 is 4.90 Å². The largest absolute Gasteiger partial charge is 0.334 e. The molecule has 128 valence electrons. The van der Waals surface area contributed by atoms with Crippen LogP contribution in [0.25, 0.3) is 10.7 Å². The van der Waals surface area contributed by atoms with Gasteiger partial charge in [-0.2, -0.15) is 4.80 Å². The van der Waals surface area contributed by atoms with E-state index in [2.05, 4.69) is 15.4 Å². The van der Waals surface area contributed by atoms with E-state index in [1.54, 1.807) is 4.90 Å². The first-order valence-electron chi connectivity index (χ1n) is 7.85. The molecule has 0 spiro atoms. The van der Waals surface area contributed by atoms with Gasteiger partial charge in [0.05, 0.1) is 16.4 Å². The topological polar surface area (TPSA) is 98.1 Å². The SMILES string of the molecule is O=C(Cn1nnc(-c2cccs2)n1)N(C1CC1)[C@@H]1CCS(=O)(=O)C1. The summed E-state index contributed by atoms with van der Waals surface area (Å²) < 4.78 is 23.5. The van der Waals surface area contributed by atoms with Gasteiger partial charge in [0.25, 0.3) is 0 Å². The average Bonchev–Trinajstić information content (AvgIpc) is 2.92. The van der Waals surface area contributed by atoms with Crippen molar-refractivity contribution in [3.63, 3.8) is 0 Å². The molecule has 2 aromatic rings. The number of nitrogens with zero attached hydrogens (tertiary/aromatic N) is 5. The maximum Gasteiger partial charge on any atom is 0.246 e. The van der Waals surface area contributed by atoms with Gasteiger partial charge in [0, 0.05) is 12.1 Å². The van der Waals surface area contributed by atoms with Crippen molar-refractivity contribution in [1.29, 1.82) is 0 Å². The van der Waals surface area contributed by atoms with Crippen molar-refractivity contribution in [2.24, 2.45) is 0 Å². The molecule has 0 bridgehead atoms. The van der Waals surface area contributed by atoms with Crippen LogP contribution < -0.4 is 0 Å². The number of thiophene rings is 1. The van der Waals surface area contributed by atoms with Crippen LogP contribution in [0.1, 0.15) is 19.3 Å². The Bertz CT molecular complexity index is 842. The molecule has 8 nitrogen and oxygen atoms in total. The zero-order valence-electron chi connectivity index (χ0n) is 12.9. The van der Waals surface area contributed by atoms with E-state index >= 15 is 0 Å². The van der Waals surface area contributed by atoms with E-state index in [0.717, 1.165) is 17.7 Å². The highest BCUT2D eigenvalue weighted by atomic mass is 32.2. The Labute approximate surface area is 143 Å². The lowest BCUT2D eigenvalue weighted by atomic mass is 10.2. The molecule has 0 unspecified atom stereocenters. The van der Waals surface area contributed by atoms with Crippen LogP contribution in [-0.2, 0) is 21.2 Å². The van der Waals surface area contributed by atoms with Crippen LogP contribution in [0.4, 0.5) is 0 Å². The minimum atomic E-state index is -3.02. The molecule has 0 N–H and O–H groups in total. The first-order valence-corrected chi connectivity index (χ1v) is 10.6. The fourth-order valence-corrected chi connectivity index (χ4v) is 5.43. The van der Waals surface area contributed by atoms with E-state index in [4.69, 9.17) is 0 Å². The summed E-state index contributed by atoms with van der Waals surface area (Å²) in [6.07, 6.45) is 2.40. The summed E-state index contributed by atoms with van der Waals surface area (Å²) >= 11 is 1.51. The van der Waals surface area contributed by atoms with Crippen molar-refractivity contribution in [2.45, 2.75) is 37.9 Å². The summed E-state index contributed by atoms with van der Waals surface area (Å²) in [7, 11) is -3.02. The highest BCUT2D eigenvalue weighted by Gasteiger charge is 2.42. The van der Waals surface area contributed by atoms with Crippen LogP contribution in [-0.4, -0.2) is 63.0 Å². The summed E-state index contributed by atoms with van der Waals surface area (Å²) in [6, 6.07) is 3.75. The lowest BCUT2D eigenvalue weighted by Gasteiger charge is -2.28. The summed E-state index contributed by atoms with van der Waals surface area (Å²) in [6.45, 7) is -0.00851. The Hall–Kier alpha value is -1.81. The second-order valence-corrected chi connectivity index (χ2v) is 9.39. The number of hydrogen-bond acceptors (Lipinski definition) is 7. The molecular formula is C14H17N5O3S2. The molecule has 2 aromatic heterocycles. The van der Waals surface area contributed by atoms with Crippen LogP contribution in [0.3, 0.4) is 0 Å². The minimum Gasteiger partial charge on any atom is -0.334 e. The predicted octanol–water partition coefficient (Wildman–Crippen LogP) is 0.580. The maximum absolute atomic E-state index is 12.7. The van der Waals surface area contributed by atoms with Gasteiger partial charge in [-0.15, -0.1) is 21.5 Å². The van der Waals surface area contributed by atoms with Gasteiger partial charge in [-0.1, -0.05) is 6.07 Å². The summed E-state index contributed by atoms with van der Waals surface area (Å²) in [5.74, 6) is 0.604. The third-order valence-corrected chi connectivity index (χ3v) is 6.92. The smallest absolute Gasteiger partial charge is 0.246 e. The number of amides is 1. The molecule has 1 saturated heterocycles. The maximum atomic E-state index is 12.7. The molecule has 2 aliphatic rings. The summed E-state index contributed by atoms with van der Waals surface area (Å²) in [5.41, 5.74) is 0. The fourth-order valence-electron chi connectivity index (χ4n) is 3.07. The van der Waals surface area contributed by atoms with Crippen LogP contribution in [0.2, 0.25) is 0 Å². The van der Waals surface area contributed by atoms with E-state index in [-0.39, 0.29) is 36.0 Å². The lowest BCUT2D eigenvalue weighted by Crippen LogP contribution is -2.44. The van der Waals surface area contributed by atoms with Crippen molar-refractivity contribution >= 4 is 27.1 Å². The van der Waals surface area contributed by atoms with E-state index < -0.39 is 9.84 Å². The number of rotatable bonds is 5. The van der Waals surface area contributed by atoms with Gasteiger partial charge in [0.2, 0.25) is 11.7 Å². The molecule has 1 atom stereocenters. The van der Waals surface area contributed by atoms with Crippen LogP contribution in [0, 0.1) is 0 Å². The minimum absolute atomic E-state index is 0.00851. The number of carbonyl (C=O) groups excluding carboxylic acids is 1. The second-order valence-electron chi connectivity index (χ2n) is 6.21. The Balaban J connectivity index is 1.48. The standard InChI is InChI=1S/C14H17N5O3S2/c20-13(8-18-16-14(15-17-18)12-2-1-6-23-12)19(10-3-4-10)11-5-7-24(21,22)9-11/h1-2,6,10-11H,3-5,7-9H2/t11-/m1/s1. The van der Waals surface area contributed by atoms with Crippen molar-refractivity contribution in [1.82, 2.24) is 25.1 Å². The number of sulfone groups is 1. The molecule has 1 amide bonds. The molecule has 10 heteroatoms.